The normalized spacial score (nSPS) is 18.0. The van der Waals surface area contributed by atoms with Gasteiger partial charge in [0.15, 0.2) is 0 Å². The van der Waals surface area contributed by atoms with Crippen molar-refractivity contribution in [3.05, 3.63) is 29.8 Å². The van der Waals surface area contributed by atoms with Crippen LogP contribution in [0.1, 0.15) is 32.3 Å². The predicted molar refractivity (Wildman–Crippen MR) is 115 cm³/mol. The summed E-state index contributed by atoms with van der Waals surface area (Å²) in [5, 5.41) is 0. The van der Waals surface area contributed by atoms with Crippen LogP contribution in [0.5, 0.6) is 5.75 Å². The highest BCUT2D eigenvalue weighted by molar-refractivity contribution is 5.82. The number of likely N-dealkylation sites (tertiary alicyclic amines) is 1. The van der Waals surface area contributed by atoms with Crippen molar-refractivity contribution in [2.45, 2.75) is 33.2 Å². The maximum absolute atomic E-state index is 12.9. The monoisotopic (exact) mass is 417 g/mol. The van der Waals surface area contributed by atoms with E-state index in [9.17, 15) is 9.59 Å². The number of methoxy groups -OCH3 is 1. The van der Waals surface area contributed by atoms with Gasteiger partial charge in [0.05, 0.1) is 13.7 Å². The van der Waals surface area contributed by atoms with Crippen molar-refractivity contribution in [1.29, 1.82) is 0 Å². The van der Waals surface area contributed by atoms with Crippen molar-refractivity contribution >= 4 is 12.0 Å². The van der Waals surface area contributed by atoms with Crippen LogP contribution in [0.3, 0.4) is 0 Å². The summed E-state index contributed by atoms with van der Waals surface area (Å²) in [6.45, 7) is 9.67. The summed E-state index contributed by atoms with van der Waals surface area (Å²) in [6.07, 6.45) is 1.77. The van der Waals surface area contributed by atoms with Crippen LogP contribution in [-0.4, -0.2) is 79.7 Å². The third-order valence-corrected chi connectivity index (χ3v) is 5.88. The van der Waals surface area contributed by atoms with Crippen molar-refractivity contribution in [2.75, 3.05) is 53.0 Å². The zero-order valence-corrected chi connectivity index (χ0v) is 18.5. The SMILES string of the molecule is COc1ccccc1CN1CCC(CN(CC(C)C)C(=O)CN2CCOC2=O)CC1. The first-order valence-corrected chi connectivity index (χ1v) is 11.0. The Kier molecular flexibility index (Phi) is 7.96. The molecule has 2 amide bonds. The highest BCUT2D eigenvalue weighted by atomic mass is 16.6. The van der Waals surface area contributed by atoms with Gasteiger partial charge in [0, 0.05) is 25.2 Å². The topological polar surface area (TPSA) is 62.3 Å². The Morgan fingerprint density at radius 3 is 2.60 bits per heavy atom. The third-order valence-electron chi connectivity index (χ3n) is 5.88. The fourth-order valence-electron chi connectivity index (χ4n) is 4.26. The summed E-state index contributed by atoms with van der Waals surface area (Å²) >= 11 is 0. The molecule has 0 unspecified atom stereocenters. The molecule has 0 atom stereocenters. The van der Waals surface area contributed by atoms with E-state index in [4.69, 9.17) is 9.47 Å². The standard InChI is InChI=1S/C23H35N3O4/c1-18(2)14-26(22(27)17-25-12-13-30-23(25)28)15-19-8-10-24(11-9-19)16-20-6-4-5-7-21(20)29-3/h4-7,18-19H,8-17H2,1-3H3. The van der Waals surface area contributed by atoms with Crippen LogP contribution in [0.25, 0.3) is 0 Å². The molecular formula is C23H35N3O4. The first kappa shape index (κ1) is 22.4. The molecule has 0 N–H and O–H groups in total. The number of rotatable bonds is 9. The molecule has 0 radical (unpaired) electrons. The zero-order chi connectivity index (χ0) is 21.5. The van der Waals surface area contributed by atoms with Gasteiger partial charge in [-0.1, -0.05) is 32.0 Å². The zero-order valence-electron chi connectivity index (χ0n) is 18.5. The Balaban J connectivity index is 1.51. The van der Waals surface area contributed by atoms with E-state index in [0.29, 0.717) is 25.0 Å². The number of hydrogen-bond donors (Lipinski definition) is 0. The number of carbonyl (C=O) groups excluding carboxylic acids is 2. The maximum atomic E-state index is 12.9. The number of cyclic esters (lactones) is 1. The molecule has 2 heterocycles. The van der Waals surface area contributed by atoms with Gasteiger partial charge < -0.3 is 14.4 Å². The molecule has 30 heavy (non-hydrogen) atoms. The van der Waals surface area contributed by atoms with E-state index < -0.39 is 0 Å². The predicted octanol–water partition coefficient (Wildman–Crippen LogP) is 2.84. The molecule has 1 aromatic rings. The Bertz CT molecular complexity index is 716. The van der Waals surface area contributed by atoms with E-state index in [2.05, 4.69) is 30.9 Å². The van der Waals surface area contributed by atoms with E-state index >= 15 is 0 Å². The average Bonchev–Trinajstić information content (AvgIpc) is 3.13. The number of para-hydroxylation sites is 1. The number of piperidine rings is 1. The minimum absolute atomic E-state index is 0.0269. The molecule has 7 nitrogen and oxygen atoms in total. The Hall–Kier alpha value is -2.28. The highest BCUT2D eigenvalue weighted by Crippen LogP contribution is 2.24. The van der Waals surface area contributed by atoms with Crippen LogP contribution in [0.4, 0.5) is 4.79 Å². The lowest BCUT2D eigenvalue weighted by atomic mass is 9.95. The van der Waals surface area contributed by atoms with E-state index in [1.165, 1.54) is 10.5 Å². The van der Waals surface area contributed by atoms with Gasteiger partial charge in [0.1, 0.15) is 18.9 Å². The van der Waals surface area contributed by atoms with Crippen LogP contribution in [-0.2, 0) is 16.1 Å². The summed E-state index contributed by atoms with van der Waals surface area (Å²) in [6, 6.07) is 8.18. The second-order valence-corrected chi connectivity index (χ2v) is 8.76. The molecule has 0 aromatic heterocycles. The molecule has 3 rings (SSSR count). The summed E-state index contributed by atoms with van der Waals surface area (Å²) in [5.74, 6) is 1.85. The Morgan fingerprint density at radius 2 is 1.97 bits per heavy atom. The van der Waals surface area contributed by atoms with Gasteiger partial charge >= 0.3 is 6.09 Å². The van der Waals surface area contributed by atoms with Crippen molar-refractivity contribution in [1.82, 2.24) is 14.7 Å². The first-order valence-electron chi connectivity index (χ1n) is 11.0. The highest BCUT2D eigenvalue weighted by Gasteiger charge is 2.29. The summed E-state index contributed by atoms with van der Waals surface area (Å²) in [4.78, 5) is 30.5. The van der Waals surface area contributed by atoms with Gasteiger partial charge in [-0.15, -0.1) is 0 Å². The van der Waals surface area contributed by atoms with Crippen LogP contribution in [0.2, 0.25) is 0 Å². The molecule has 0 aliphatic carbocycles. The molecule has 0 spiro atoms. The molecule has 7 heteroatoms. The Morgan fingerprint density at radius 1 is 1.23 bits per heavy atom. The molecule has 2 fully saturated rings. The lowest BCUT2D eigenvalue weighted by Crippen LogP contribution is -2.46. The van der Waals surface area contributed by atoms with Gasteiger partial charge in [-0.3, -0.25) is 14.6 Å². The minimum Gasteiger partial charge on any atom is -0.496 e. The molecule has 2 aliphatic heterocycles. The summed E-state index contributed by atoms with van der Waals surface area (Å²) < 4.78 is 10.4. The second kappa shape index (κ2) is 10.7. The fraction of sp³-hybridized carbons (Fsp3) is 0.652. The van der Waals surface area contributed by atoms with E-state index in [1.54, 1.807) is 7.11 Å². The van der Waals surface area contributed by atoms with Gasteiger partial charge in [-0.25, -0.2) is 4.79 Å². The third kappa shape index (κ3) is 6.11. The second-order valence-electron chi connectivity index (χ2n) is 8.76. The number of benzene rings is 1. The van der Waals surface area contributed by atoms with E-state index in [-0.39, 0.29) is 18.5 Å². The molecule has 166 valence electrons. The molecule has 0 saturated carbocycles. The van der Waals surface area contributed by atoms with Gasteiger partial charge in [0.25, 0.3) is 0 Å². The van der Waals surface area contributed by atoms with Crippen molar-refractivity contribution in [2.24, 2.45) is 11.8 Å². The van der Waals surface area contributed by atoms with Gasteiger partial charge in [-0.05, 0) is 43.8 Å². The molecule has 2 saturated heterocycles. The Labute approximate surface area is 179 Å². The maximum Gasteiger partial charge on any atom is 0.410 e. The fourth-order valence-corrected chi connectivity index (χ4v) is 4.26. The molecular weight excluding hydrogens is 382 g/mol. The van der Waals surface area contributed by atoms with Gasteiger partial charge in [-0.2, -0.15) is 0 Å². The van der Waals surface area contributed by atoms with Crippen molar-refractivity contribution in [3.63, 3.8) is 0 Å². The summed E-state index contributed by atoms with van der Waals surface area (Å²) in [7, 11) is 1.72. The van der Waals surface area contributed by atoms with Gasteiger partial charge in [0.2, 0.25) is 5.91 Å². The first-order chi connectivity index (χ1) is 14.5. The quantitative estimate of drug-likeness (QED) is 0.618. The van der Waals surface area contributed by atoms with E-state index in [0.717, 1.165) is 51.3 Å². The smallest absolute Gasteiger partial charge is 0.410 e. The number of hydrogen-bond acceptors (Lipinski definition) is 5. The average molecular weight is 418 g/mol. The summed E-state index contributed by atoms with van der Waals surface area (Å²) in [5.41, 5.74) is 1.22. The number of ether oxygens (including phenoxy) is 2. The number of amides is 2. The molecule has 2 aliphatic rings. The largest absolute Gasteiger partial charge is 0.496 e. The van der Waals surface area contributed by atoms with Crippen LogP contribution in [0, 0.1) is 11.8 Å². The lowest BCUT2D eigenvalue weighted by molar-refractivity contribution is -0.133. The lowest BCUT2D eigenvalue weighted by Gasteiger charge is -2.36. The van der Waals surface area contributed by atoms with Crippen molar-refractivity contribution in [3.8, 4) is 5.75 Å². The van der Waals surface area contributed by atoms with Crippen molar-refractivity contribution < 1.29 is 19.1 Å². The van der Waals surface area contributed by atoms with Crippen LogP contribution >= 0.6 is 0 Å². The number of carbonyl (C=O) groups is 2. The van der Waals surface area contributed by atoms with Crippen LogP contribution in [0.15, 0.2) is 24.3 Å². The minimum atomic E-state index is -0.377. The molecule has 0 bridgehead atoms. The number of nitrogens with zero attached hydrogens (tertiary/aromatic N) is 3. The molecule has 1 aromatic carbocycles. The van der Waals surface area contributed by atoms with E-state index in [1.807, 2.05) is 17.0 Å². The van der Waals surface area contributed by atoms with Crippen LogP contribution < -0.4 is 4.74 Å².